The lowest BCUT2D eigenvalue weighted by Crippen LogP contribution is -2.48. The van der Waals surface area contributed by atoms with E-state index < -0.39 is 12.0 Å². The number of amides is 1. The monoisotopic (exact) mass is 296 g/mol. The Hall–Kier alpha value is -2.69. The summed E-state index contributed by atoms with van der Waals surface area (Å²) in [7, 11) is 0. The van der Waals surface area contributed by atoms with Crippen molar-refractivity contribution in [1.29, 1.82) is 0 Å². The molecular formula is C17H16N2O3. The third-order valence-electron chi connectivity index (χ3n) is 3.95. The average Bonchev–Trinajstić information content (AvgIpc) is 2.53. The molecule has 0 unspecified atom stereocenters. The molecule has 3 rings (SSSR count). The van der Waals surface area contributed by atoms with Crippen molar-refractivity contribution in [3.63, 3.8) is 0 Å². The molecule has 0 aliphatic carbocycles. The molecule has 0 bridgehead atoms. The van der Waals surface area contributed by atoms with Gasteiger partial charge in [0.2, 0.25) is 0 Å². The minimum absolute atomic E-state index is 0.297. The number of benzene rings is 1. The van der Waals surface area contributed by atoms with Gasteiger partial charge in [-0.15, -0.1) is 0 Å². The lowest BCUT2D eigenvalue weighted by molar-refractivity contribution is -0.142. The number of nitrogens with zero attached hydrogens (tertiary/aromatic N) is 2. The molecule has 0 radical (unpaired) electrons. The number of carbonyl (C=O) groups excluding carboxylic acids is 1. The molecule has 0 saturated heterocycles. The van der Waals surface area contributed by atoms with Gasteiger partial charge in [-0.05, 0) is 30.2 Å². The van der Waals surface area contributed by atoms with E-state index in [0.717, 1.165) is 16.8 Å². The quantitative estimate of drug-likeness (QED) is 0.920. The number of carboxylic acids is 1. The fourth-order valence-corrected chi connectivity index (χ4v) is 2.72. The second-order valence-corrected chi connectivity index (χ2v) is 5.45. The topological polar surface area (TPSA) is 70.5 Å². The maximum atomic E-state index is 12.7. The number of aryl methyl sites for hydroxylation is 1. The van der Waals surface area contributed by atoms with Crippen molar-refractivity contribution in [2.45, 2.75) is 25.9 Å². The van der Waals surface area contributed by atoms with E-state index in [1.807, 2.05) is 31.2 Å². The number of rotatable bonds is 2. The highest BCUT2D eigenvalue weighted by molar-refractivity contribution is 5.96. The number of pyridine rings is 1. The molecule has 1 amide bonds. The zero-order valence-electron chi connectivity index (χ0n) is 12.2. The summed E-state index contributed by atoms with van der Waals surface area (Å²) >= 11 is 0. The highest BCUT2D eigenvalue weighted by atomic mass is 16.4. The Labute approximate surface area is 128 Å². The molecule has 1 aromatic carbocycles. The summed E-state index contributed by atoms with van der Waals surface area (Å²) in [6, 6.07) is 10.2. The van der Waals surface area contributed by atoms with Crippen LogP contribution in [0.15, 0.2) is 42.6 Å². The third-order valence-corrected chi connectivity index (χ3v) is 3.95. The van der Waals surface area contributed by atoms with E-state index >= 15 is 0 Å². The molecule has 1 aliphatic heterocycles. The van der Waals surface area contributed by atoms with Crippen molar-refractivity contribution in [1.82, 2.24) is 9.88 Å². The van der Waals surface area contributed by atoms with Gasteiger partial charge in [0.1, 0.15) is 6.04 Å². The Morgan fingerprint density at radius 3 is 2.55 bits per heavy atom. The fourth-order valence-electron chi connectivity index (χ4n) is 2.72. The van der Waals surface area contributed by atoms with Crippen LogP contribution in [0, 0.1) is 6.92 Å². The number of hydrogen-bond acceptors (Lipinski definition) is 3. The van der Waals surface area contributed by atoms with Crippen LogP contribution in [0.4, 0.5) is 0 Å². The molecule has 2 aromatic rings. The van der Waals surface area contributed by atoms with E-state index in [0.29, 0.717) is 18.5 Å². The smallest absolute Gasteiger partial charge is 0.326 e. The van der Waals surface area contributed by atoms with Crippen LogP contribution in [0.3, 0.4) is 0 Å². The zero-order chi connectivity index (χ0) is 15.7. The van der Waals surface area contributed by atoms with Gasteiger partial charge in [-0.2, -0.15) is 0 Å². The Balaban J connectivity index is 1.95. The summed E-state index contributed by atoms with van der Waals surface area (Å²) in [4.78, 5) is 29.7. The maximum Gasteiger partial charge on any atom is 0.326 e. The minimum Gasteiger partial charge on any atom is -0.480 e. The van der Waals surface area contributed by atoms with Gasteiger partial charge in [0.25, 0.3) is 5.91 Å². The predicted molar refractivity (Wildman–Crippen MR) is 80.4 cm³/mol. The van der Waals surface area contributed by atoms with E-state index in [2.05, 4.69) is 4.98 Å². The third kappa shape index (κ3) is 2.57. The summed E-state index contributed by atoms with van der Waals surface area (Å²) in [5.74, 6) is -1.28. The van der Waals surface area contributed by atoms with E-state index in [1.165, 1.54) is 11.1 Å². The molecule has 1 N–H and O–H groups in total. The Kier molecular flexibility index (Phi) is 3.63. The van der Waals surface area contributed by atoms with Gasteiger partial charge in [-0.1, -0.05) is 24.3 Å². The molecular weight excluding hydrogens is 280 g/mol. The lowest BCUT2D eigenvalue weighted by atomic mass is 9.93. The van der Waals surface area contributed by atoms with Gasteiger partial charge >= 0.3 is 5.97 Å². The molecule has 5 nitrogen and oxygen atoms in total. The summed E-state index contributed by atoms with van der Waals surface area (Å²) < 4.78 is 0. The normalized spacial score (nSPS) is 17.0. The summed E-state index contributed by atoms with van der Waals surface area (Å²) in [6.45, 7) is 2.14. The summed E-state index contributed by atoms with van der Waals surface area (Å²) in [6.07, 6.45) is 1.83. The average molecular weight is 296 g/mol. The highest BCUT2D eigenvalue weighted by Crippen LogP contribution is 2.25. The maximum absolute atomic E-state index is 12.7. The first-order valence-electron chi connectivity index (χ1n) is 7.09. The molecule has 112 valence electrons. The SMILES string of the molecule is Cc1ccc(C(=O)N2Cc3ccccc3C[C@H]2C(=O)O)cn1. The number of carboxylic acid groups (broad SMARTS) is 1. The molecule has 1 aliphatic rings. The van der Waals surface area contributed by atoms with Crippen LogP contribution in [0.25, 0.3) is 0 Å². The van der Waals surface area contributed by atoms with Crippen LogP contribution in [0.5, 0.6) is 0 Å². The van der Waals surface area contributed by atoms with Gasteiger partial charge in [0.05, 0.1) is 5.56 Å². The second-order valence-electron chi connectivity index (χ2n) is 5.45. The molecule has 1 atom stereocenters. The number of aliphatic carboxylic acids is 1. The van der Waals surface area contributed by atoms with Crippen molar-refractivity contribution in [3.8, 4) is 0 Å². The Morgan fingerprint density at radius 1 is 1.18 bits per heavy atom. The first-order chi connectivity index (χ1) is 10.6. The Bertz CT molecular complexity index is 725. The van der Waals surface area contributed by atoms with Crippen molar-refractivity contribution >= 4 is 11.9 Å². The zero-order valence-corrected chi connectivity index (χ0v) is 12.2. The van der Waals surface area contributed by atoms with Crippen LogP contribution >= 0.6 is 0 Å². The van der Waals surface area contributed by atoms with Crippen molar-refractivity contribution in [2.24, 2.45) is 0 Å². The first-order valence-corrected chi connectivity index (χ1v) is 7.09. The van der Waals surface area contributed by atoms with Crippen molar-refractivity contribution in [2.75, 3.05) is 0 Å². The van der Waals surface area contributed by atoms with Gasteiger partial charge in [0, 0.05) is 24.9 Å². The van der Waals surface area contributed by atoms with Crippen LogP contribution < -0.4 is 0 Å². The molecule has 0 fully saturated rings. The van der Waals surface area contributed by atoms with Crippen molar-refractivity contribution in [3.05, 3.63) is 65.0 Å². The largest absolute Gasteiger partial charge is 0.480 e. The van der Waals surface area contributed by atoms with E-state index in [9.17, 15) is 14.7 Å². The molecule has 1 aromatic heterocycles. The van der Waals surface area contributed by atoms with Gasteiger partial charge < -0.3 is 10.0 Å². The predicted octanol–water partition coefficient (Wildman–Crippen LogP) is 2.04. The number of carbonyl (C=O) groups is 2. The van der Waals surface area contributed by atoms with Crippen LogP contribution in [-0.4, -0.2) is 32.9 Å². The van der Waals surface area contributed by atoms with E-state index in [4.69, 9.17) is 0 Å². The van der Waals surface area contributed by atoms with Gasteiger partial charge in [-0.25, -0.2) is 4.79 Å². The number of aromatic nitrogens is 1. The summed E-state index contributed by atoms with van der Waals surface area (Å²) in [5, 5.41) is 9.46. The first kappa shape index (κ1) is 14.3. The van der Waals surface area contributed by atoms with Crippen LogP contribution in [-0.2, 0) is 17.8 Å². The van der Waals surface area contributed by atoms with Crippen LogP contribution in [0.2, 0.25) is 0 Å². The highest BCUT2D eigenvalue weighted by Gasteiger charge is 2.34. The fraction of sp³-hybridized carbons (Fsp3) is 0.235. The second kappa shape index (κ2) is 5.60. The van der Waals surface area contributed by atoms with E-state index in [-0.39, 0.29) is 5.91 Å². The molecule has 22 heavy (non-hydrogen) atoms. The lowest BCUT2D eigenvalue weighted by Gasteiger charge is -2.34. The molecule has 5 heteroatoms. The molecule has 0 saturated carbocycles. The standard InChI is InChI=1S/C17H16N2O3/c1-11-6-7-13(9-18-11)16(20)19-10-14-5-3-2-4-12(14)8-15(19)17(21)22/h2-7,9,15H,8,10H2,1H3,(H,21,22)/t15-/m0/s1. The van der Waals surface area contributed by atoms with Gasteiger partial charge in [0.15, 0.2) is 0 Å². The van der Waals surface area contributed by atoms with Crippen LogP contribution in [0.1, 0.15) is 27.2 Å². The number of hydrogen-bond donors (Lipinski definition) is 1. The van der Waals surface area contributed by atoms with E-state index in [1.54, 1.807) is 12.1 Å². The van der Waals surface area contributed by atoms with Gasteiger partial charge in [-0.3, -0.25) is 9.78 Å². The summed E-state index contributed by atoms with van der Waals surface area (Å²) in [5.41, 5.74) is 3.21. The molecule has 2 heterocycles. The Morgan fingerprint density at radius 2 is 1.91 bits per heavy atom. The minimum atomic E-state index is -0.983. The number of fused-ring (bicyclic) bond motifs is 1. The van der Waals surface area contributed by atoms with Crippen molar-refractivity contribution < 1.29 is 14.7 Å². The molecule has 0 spiro atoms.